The zero-order valence-corrected chi connectivity index (χ0v) is 12.5. The molecule has 1 aromatic carbocycles. The summed E-state index contributed by atoms with van der Waals surface area (Å²) in [4.78, 5) is 26.7. The van der Waals surface area contributed by atoms with Gasteiger partial charge in [0, 0.05) is 28.8 Å². The van der Waals surface area contributed by atoms with E-state index in [9.17, 15) is 14.9 Å². The van der Waals surface area contributed by atoms with Crippen LogP contribution in [0.2, 0.25) is 0 Å². The molecule has 2 heterocycles. The Morgan fingerprint density at radius 2 is 2.22 bits per heavy atom. The van der Waals surface area contributed by atoms with Gasteiger partial charge in [0.2, 0.25) is 5.82 Å². The molecule has 0 radical (unpaired) electrons. The lowest BCUT2D eigenvalue weighted by molar-refractivity contribution is -0.384. The number of nitrogens with one attached hydrogen (secondary N) is 1. The van der Waals surface area contributed by atoms with Gasteiger partial charge < -0.3 is 5.32 Å². The molecule has 0 saturated carbocycles. The van der Waals surface area contributed by atoms with Crippen LogP contribution in [0.4, 0.5) is 11.5 Å². The molecule has 0 spiro atoms. The van der Waals surface area contributed by atoms with E-state index in [1.165, 1.54) is 35.6 Å². The molecule has 0 aliphatic carbocycles. The van der Waals surface area contributed by atoms with Crippen LogP contribution in [-0.2, 0) is 0 Å². The quantitative estimate of drug-likeness (QED) is 0.575. The number of carbonyl (C=O) groups is 1. The van der Waals surface area contributed by atoms with E-state index in [4.69, 9.17) is 0 Å². The van der Waals surface area contributed by atoms with E-state index in [0.717, 1.165) is 5.69 Å². The number of rotatable bonds is 4. The number of non-ortho nitro benzene ring substituents is 1. The second-order valence-corrected chi connectivity index (χ2v) is 5.38. The maximum absolute atomic E-state index is 12.2. The first kappa shape index (κ1) is 14.8. The number of aromatic nitrogens is 3. The van der Waals surface area contributed by atoms with Crippen LogP contribution in [-0.4, -0.2) is 26.1 Å². The highest BCUT2D eigenvalue weighted by Crippen LogP contribution is 2.27. The number of nitro benzene ring substituents is 1. The van der Waals surface area contributed by atoms with Crippen molar-refractivity contribution >= 4 is 28.7 Å². The van der Waals surface area contributed by atoms with Crippen molar-refractivity contribution in [3.63, 3.8) is 0 Å². The predicted octanol–water partition coefficient (Wildman–Crippen LogP) is 2.66. The summed E-state index contributed by atoms with van der Waals surface area (Å²) in [5.41, 5.74) is 1.07. The molecule has 10 heteroatoms. The normalized spacial score (nSPS) is 10.5. The van der Waals surface area contributed by atoms with Crippen molar-refractivity contribution in [2.45, 2.75) is 6.92 Å². The van der Waals surface area contributed by atoms with Gasteiger partial charge in [0.15, 0.2) is 5.69 Å². The number of hydrogen-bond acceptors (Lipinski definition) is 8. The fourth-order valence-electron chi connectivity index (χ4n) is 1.81. The van der Waals surface area contributed by atoms with Gasteiger partial charge >= 0.3 is 0 Å². The van der Waals surface area contributed by atoms with E-state index in [0.29, 0.717) is 10.7 Å². The van der Waals surface area contributed by atoms with Crippen LogP contribution in [0, 0.1) is 17.0 Å². The largest absolute Gasteiger partial charge is 0.302 e. The number of benzene rings is 1. The summed E-state index contributed by atoms with van der Waals surface area (Å²) in [7, 11) is 0. The number of aryl methyl sites for hydroxylation is 1. The maximum Gasteiger partial charge on any atom is 0.270 e. The summed E-state index contributed by atoms with van der Waals surface area (Å²) in [6.45, 7) is 1.83. The van der Waals surface area contributed by atoms with Crippen molar-refractivity contribution in [1.29, 1.82) is 0 Å². The average Bonchev–Trinajstić information content (AvgIpc) is 3.16. The van der Waals surface area contributed by atoms with Gasteiger partial charge in [-0.25, -0.2) is 9.61 Å². The van der Waals surface area contributed by atoms with E-state index >= 15 is 0 Å². The van der Waals surface area contributed by atoms with Crippen LogP contribution in [0.25, 0.3) is 10.7 Å². The van der Waals surface area contributed by atoms with E-state index in [1.54, 1.807) is 0 Å². The molecule has 0 fully saturated rings. The third-order valence-corrected chi connectivity index (χ3v) is 3.83. The number of nitrogens with zero attached hydrogens (tertiary/aromatic N) is 4. The minimum Gasteiger partial charge on any atom is -0.302 e. The maximum atomic E-state index is 12.2. The standard InChI is InChI=1S/C13H9N5O4S/c1-7-6-23-13(14-7)10-11(17-22-16-10)15-12(19)8-3-2-4-9(5-8)18(20)21/h2-6H,1H3,(H,15,17,19). The third kappa shape index (κ3) is 3.06. The van der Waals surface area contributed by atoms with Gasteiger partial charge in [0.25, 0.3) is 11.6 Å². The van der Waals surface area contributed by atoms with Crippen molar-refractivity contribution < 1.29 is 14.3 Å². The molecule has 9 nitrogen and oxygen atoms in total. The summed E-state index contributed by atoms with van der Waals surface area (Å²) in [6, 6.07) is 5.37. The molecular weight excluding hydrogens is 322 g/mol. The molecular formula is C13H9N5O4S. The van der Waals surface area contributed by atoms with Crippen LogP contribution in [0.1, 0.15) is 16.1 Å². The number of carbonyl (C=O) groups excluding carboxylic acids is 1. The monoisotopic (exact) mass is 331 g/mol. The highest BCUT2D eigenvalue weighted by Gasteiger charge is 2.19. The van der Waals surface area contributed by atoms with Crippen molar-refractivity contribution in [2.24, 2.45) is 0 Å². The fraction of sp³-hybridized carbons (Fsp3) is 0.0769. The van der Waals surface area contributed by atoms with Gasteiger partial charge in [-0.15, -0.1) is 11.3 Å². The van der Waals surface area contributed by atoms with Crippen LogP contribution < -0.4 is 5.32 Å². The number of nitro groups is 1. The number of anilines is 1. The lowest BCUT2D eigenvalue weighted by Gasteiger charge is -2.02. The van der Waals surface area contributed by atoms with Gasteiger partial charge in [-0.05, 0) is 23.3 Å². The van der Waals surface area contributed by atoms with Crippen molar-refractivity contribution in [3.05, 3.63) is 51.0 Å². The summed E-state index contributed by atoms with van der Waals surface area (Å²) in [6.07, 6.45) is 0. The topological polar surface area (TPSA) is 124 Å². The number of thiazole rings is 1. The van der Waals surface area contributed by atoms with Gasteiger partial charge in [0.05, 0.1) is 4.92 Å². The molecule has 116 valence electrons. The minimum absolute atomic E-state index is 0.107. The van der Waals surface area contributed by atoms with Gasteiger partial charge in [-0.3, -0.25) is 14.9 Å². The number of hydrogen-bond donors (Lipinski definition) is 1. The van der Waals surface area contributed by atoms with Gasteiger partial charge in [0.1, 0.15) is 5.01 Å². The molecule has 0 aliphatic rings. The molecule has 0 bridgehead atoms. The Morgan fingerprint density at radius 1 is 1.39 bits per heavy atom. The molecule has 0 atom stereocenters. The molecule has 2 aromatic heterocycles. The first-order valence-corrected chi connectivity index (χ1v) is 7.23. The average molecular weight is 331 g/mol. The van der Waals surface area contributed by atoms with E-state index in [2.05, 4.69) is 25.2 Å². The summed E-state index contributed by atoms with van der Waals surface area (Å²) >= 11 is 1.34. The zero-order valence-electron chi connectivity index (χ0n) is 11.7. The van der Waals surface area contributed by atoms with E-state index in [1.807, 2.05) is 12.3 Å². The predicted molar refractivity (Wildman–Crippen MR) is 81.2 cm³/mol. The Labute approximate surface area is 133 Å². The molecule has 3 rings (SSSR count). The summed E-state index contributed by atoms with van der Waals surface area (Å²) < 4.78 is 4.65. The molecule has 0 unspecified atom stereocenters. The lowest BCUT2D eigenvalue weighted by Crippen LogP contribution is -2.13. The Morgan fingerprint density at radius 3 is 2.91 bits per heavy atom. The van der Waals surface area contributed by atoms with E-state index < -0.39 is 10.8 Å². The Bertz CT molecular complexity index is 888. The lowest BCUT2D eigenvalue weighted by atomic mass is 10.2. The zero-order chi connectivity index (χ0) is 16.4. The SMILES string of the molecule is Cc1csc(-c2nonc2NC(=O)c2cccc([N+](=O)[O-])c2)n1. The smallest absolute Gasteiger partial charge is 0.270 e. The second kappa shape index (κ2) is 5.93. The molecule has 3 aromatic rings. The first-order valence-electron chi connectivity index (χ1n) is 6.35. The van der Waals surface area contributed by atoms with Crippen molar-refractivity contribution in [1.82, 2.24) is 15.3 Å². The van der Waals surface area contributed by atoms with Gasteiger partial charge in [-0.1, -0.05) is 6.07 Å². The Hall–Kier alpha value is -3.14. The van der Waals surface area contributed by atoms with Crippen LogP contribution in [0.3, 0.4) is 0 Å². The Balaban J connectivity index is 1.85. The molecule has 1 N–H and O–H groups in total. The first-order chi connectivity index (χ1) is 11.0. The Kier molecular flexibility index (Phi) is 3.81. The molecule has 0 saturated heterocycles. The molecule has 1 amide bonds. The third-order valence-electron chi connectivity index (χ3n) is 2.86. The fourth-order valence-corrected chi connectivity index (χ4v) is 2.59. The molecule has 0 aliphatic heterocycles. The second-order valence-electron chi connectivity index (χ2n) is 4.52. The highest BCUT2D eigenvalue weighted by molar-refractivity contribution is 7.13. The van der Waals surface area contributed by atoms with Crippen LogP contribution >= 0.6 is 11.3 Å². The van der Waals surface area contributed by atoms with E-state index in [-0.39, 0.29) is 17.1 Å². The minimum atomic E-state index is -0.571. The molecule has 23 heavy (non-hydrogen) atoms. The van der Waals surface area contributed by atoms with Crippen LogP contribution in [0.5, 0.6) is 0 Å². The van der Waals surface area contributed by atoms with Crippen LogP contribution in [0.15, 0.2) is 34.3 Å². The van der Waals surface area contributed by atoms with Crippen molar-refractivity contribution in [2.75, 3.05) is 5.32 Å². The van der Waals surface area contributed by atoms with Gasteiger partial charge in [-0.2, -0.15) is 0 Å². The number of amides is 1. The summed E-state index contributed by atoms with van der Waals surface area (Å²) in [5.74, 6) is -0.449. The van der Waals surface area contributed by atoms with Crippen molar-refractivity contribution in [3.8, 4) is 10.7 Å². The highest BCUT2D eigenvalue weighted by atomic mass is 32.1. The summed E-state index contributed by atoms with van der Waals surface area (Å²) in [5, 5.41) is 23.0.